The quantitative estimate of drug-likeness (QED) is 0.173. The topological polar surface area (TPSA) is 66.4 Å². The molecule has 2 N–H and O–H groups in total. The highest BCUT2D eigenvalue weighted by molar-refractivity contribution is 7.87. The molecule has 0 aromatic heterocycles. The van der Waals surface area contributed by atoms with Crippen LogP contribution in [0.4, 0.5) is 110 Å². The van der Waals surface area contributed by atoms with Crippen LogP contribution in [-0.4, -0.2) is 97.7 Å². The van der Waals surface area contributed by atoms with Gasteiger partial charge in [0.15, 0.2) is 0 Å². The number of hydrogen-bond acceptors (Lipinski definition) is 3. The molecule has 0 bridgehead atoms. The normalized spacial score (nSPS) is 16.5. The second kappa shape index (κ2) is 11.1. The van der Waals surface area contributed by atoms with Crippen LogP contribution in [-0.2, 0) is 10.1 Å². The van der Waals surface area contributed by atoms with Crippen molar-refractivity contribution in [2.24, 2.45) is 0 Å². The van der Waals surface area contributed by atoms with Gasteiger partial charge in [-0.15, -0.1) is 0 Å². The molecule has 0 radical (unpaired) electrons. The molecule has 0 unspecified atom stereocenters. The lowest BCUT2D eigenvalue weighted by atomic mass is 9.85. The highest BCUT2D eigenvalue weighted by atomic mass is 32.2. The van der Waals surface area contributed by atoms with Gasteiger partial charge in [0.05, 0.1) is 0 Å². The van der Waals surface area contributed by atoms with Crippen molar-refractivity contribution in [1.82, 2.24) is 5.32 Å². The second-order valence-corrected chi connectivity index (χ2v) is 9.20. The van der Waals surface area contributed by atoms with Gasteiger partial charge in [-0.3, -0.25) is 4.55 Å². The van der Waals surface area contributed by atoms with E-state index in [1.807, 2.05) is 14.1 Å². The third-order valence-electron chi connectivity index (χ3n) is 4.59. The van der Waals surface area contributed by atoms with Crippen LogP contribution in [0.25, 0.3) is 0 Å². The molecule has 0 atom stereocenters. The molecule has 0 saturated heterocycles. The van der Waals surface area contributed by atoms with Gasteiger partial charge in [0.1, 0.15) is 0 Å². The van der Waals surface area contributed by atoms with Crippen molar-refractivity contribution in [2.45, 2.75) is 70.7 Å². The van der Waals surface area contributed by atoms with Gasteiger partial charge in [-0.05, 0) is 14.1 Å². The fourth-order valence-corrected chi connectivity index (χ4v) is 2.55. The van der Waals surface area contributed by atoms with Gasteiger partial charge in [0, 0.05) is 0 Å². The first-order chi connectivity index (χ1) is 18.4. The Hall–Kier alpha value is -1.88. The standard InChI is InChI=1S/C12HF25O3S.C2H7N/c13-1(14,3(17,18)5(21,22)7(25,26)9(29,30)11(33,34)35)2(15,16)4(19,20)6(23,24)8(27,28)10(31,32)12(36,37)41(38,39)40;1-3-2/h(H,38,39,40);3H,1-2H3. The van der Waals surface area contributed by atoms with E-state index in [0.29, 0.717) is 0 Å². The average Bonchev–Trinajstić information content (AvgIpc) is 2.76. The fraction of sp³-hybridized carbons (Fsp3) is 1.00. The van der Waals surface area contributed by atoms with E-state index in [4.69, 9.17) is 4.55 Å². The summed E-state index contributed by atoms with van der Waals surface area (Å²) in [5, 5.41) is -5.47. The van der Waals surface area contributed by atoms with E-state index in [0.717, 1.165) is 0 Å². The van der Waals surface area contributed by atoms with Crippen molar-refractivity contribution in [3.05, 3.63) is 0 Å². The predicted octanol–water partition coefficient (Wildman–Crippen LogP) is 7.22. The fourth-order valence-electron chi connectivity index (χ4n) is 2.10. The van der Waals surface area contributed by atoms with Gasteiger partial charge in [0.25, 0.3) is 0 Å². The van der Waals surface area contributed by atoms with E-state index in [9.17, 15) is 118 Å². The molecule has 44 heavy (non-hydrogen) atoms. The lowest BCUT2D eigenvalue weighted by Gasteiger charge is -2.45. The zero-order chi connectivity index (χ0) is 37.2. The number of nitrogens with one attached hydrogen (secondary N) is 1. The van der Waals surface area contributed by atoms with Crippen LogP contribution in [0.15, 0.2) is 0 Å². The summed E-state index contributed by atoms with van der Waals surface area (Å²) in [5.41, 5.74) is 0. The summed E-state index contributed by atoms with van der Waals surface area (Å²) >= 11 is 0. The van der Waals surface area contributed by atoms with Crippen LogP contribution in [0, 0.1) is 0 Å². The Bertz CT molecular complexity index is 1120. The van der Waals surface area contributed by atoms with Crippen LogP contribution < -0.4 is 5.32 Å². The molecule has 0 amide bonds. The Morgan fingerprint density at radius 1 is 0.364 bits per heavy atom. The number of rotatable bonds is 11. The van der Waals surface area contributed by atoms with Gasteiger partial charge in [-0.25, -0.2) is 0 Å². The van der Waals surface area contributed by atoms with E-state index >= 15 is 0 Å². The molecule has 0 heterocycles. The van der Waals surface area contributed by atoms with Gasteiger partial charge >= 0.3 is 80.8 Å². The maximum absolute atomic E-state index is 13.5. The molecule has 4 nitrogen and oxygen atoms in total. The van der Waals surface area contributed by atoms with E-state index in [2.05, 4.69) is 5.32 Å². The lowest BCUT2D eigenvalue weighted by molar-refractivity contribution is -0.480. The summed E-state index contributed by atoms with van der Waals surface area (Å²) < 4.78 is 355. The summed E-state index contributed by atoms with van der Waals surface area (Å²) in [4.78, 5) is 0. The molecule has 0 aromatic carbocycles. The maximum atomic E-state index is 13.5. The van der Waals surface area contributed by atoms with Crippen LogP contribution in [0.5, 0.6) is 0 Å². The van der Waals surface area contributed by atoms with Gasteiger partial charge < -0.3 is 5.32 Å². The van der Waals surface area contributed by atoms with E-state index < -0.39 is 80.8 Å². The predicted molar refractivity (Wildman–Crippen MR) is 87.0 cm³/mol. The third-order valence-corrected chi connectivity index (χ3v) is 5.50. The van der Waals surface area contributed by atoms with Gasteiger partial charge in [-0.2, -0.15) is 118 Å². The van der Waals surface area contributed by atoms with Gasteiger partial charge in [-0.1, -0.05) is 0 Å². The molecule has 0 fully saturated rings. The molecule has 0 aliphatic heterocycles. The highest BCUT2D eigenvalue weighted by Gasteiger charge is 3.00. The summed E-state index contributed by atoms with van der Waals surface area (Å²) in [5.74, 6) is -94.0. The summed E-state index contributed by atoms with van der Waals surface area (Å²) in [6.07, 6.45) is -8.23. The Kier molecular flexibility index (Phi) is 11.2. The van der Waals surface area contributed by atoms with Crippen LogP contribution in [0.1, 0.15) is 0 Å². The van der Waals surface area contributed by atoms with Crippen LogP contribution in [0.3, 0.4) is 0 Å². The smallest absolute Gasteiger partial charge is 0.323 e. The van der Waals surface area contributed by atoms with Crippen molar-refractivity contribution in [2.75, 3.05) is 14.1 Å². The number of alkyl halides is 25. The Labute approximate surface area is 224 Å². The minimum atomic E-state index is -9.76. The average molecular weight is 745 g/mol. The molecule has 0 aliphatic rings. The number of hydrogen-bond donors (Lipinski definition) is 2. The zero-order valence-corrected chi connectivity index (χ0v) is 20.4. The van der Waals surface area contributed by atoms with Crippen LogP contribution >= 0.6 is 0 Å². The maximum Gasteiger partial charge on any atom is 0.460 e. The zero-order valence-electron chi connectivity index (χ0n) is 19.6. The molecule has 0 rings (SSSR count). The van der Waals surface area contributed by atoms with Gasteiger partial charge in [0.2, 0.25) is 0 Å². The molecule has 0 spiro atoms. The van der Waals surface area contributed by atoms with Crippen molar-refractivity contribution in [1.29, 1.82) is 0 Å². The lowest BCUT2D eigenvalue weighted by Crippen LogP contribution is -2.78. The highest BCUT2D eigenvalue weighted by Crippen LogP contribution is 2.67. The van der Waals surface area contributed by atoms with Crippen molar-refractivity contribution >= 4 is 10.1 Å². The first-order valence-corrected chi connectivity index (χ1v) is 10.6. The molecule has 30 heteroatoms. The minimum absolute atomic E-state index is 1.88. The van der Waals surface area contributed by atoms with E-state index in [1.165, 1.54) is 0 Å². The first-order valence-electron chi connectivity index (χ1n) is 9.19. The van der Waals surface area contributed by atoms with Crippen LogP contribution in [0.2, 0.25) is 0 Å². The molecule has 268 valence electrons. The first kappa shape index (κ1) is 44.2. The Morgan fingerprint density at radius 2 is 0.500 bits per heavy atom. The summed E-state index contributed by atoms with van der Waals surface area (Å²) in [6.45, 7) is 0. The second-order valence-electron chi connectivity index (χ2n) is 7.73. The Balaban J connectivity index is 0. The molecule has 0 aromatic rings. The molecule has 0 aliphatic carbocycles. The monoisotopic (exact) mass is 745 g/mol. The van der Waals surface area contributed by atoms with Crippen molar-refractivity contribution in [3.8, 4) is 0 Å². The summed E-state index contributed by atoms with van der Waals surface area (Å²) in [6, 6.07) is 0. The van der Waals surface area contributed by atoms with E-state index in [-0.39, 0.29) is 0 Å². The SMILES string of the molecule is CNC.O=S(=O)(O)C(F)(F)C(F)(F)C(F)(F)C(F)(F)C(F)(F)C(F)(F)C(F)(F)C(F)(F)C(F)(F)C(F)(F)C(F)(F)C(F)(F)F. The van der Waals surface area contributed by atoms with Crippen molar-refractivity contribution in [3.63, 3.8) is 0 Å². The molecular formula is C14H8F25NO3S. The summed E-state index contributed by atoms with van der Waals surface area (Å²) in [7, 11) is -4.49. The van der Waals surface area contributed by atoms with Crippen molar-refractivity contribution < 1.29 is 123 Å². The van der Waals surface area contributed by atoms with E-state index in [1.54, 1.807) is 0 Å². The molecular weight excluding hydrogens is 737 g/mol. The minimum Gasteiger partial charge on any atom is -0.323 e. The number of halogens is 25. The third kappa shape index (κ3) is 5.45. The Morgan fingerprint density at radius 3 is 0.636 bits per heavy atom. The largest absolute Gasteiger partial charge is 0.460 e. The molecule has 0 saturated carbocycles.